The van der Waals surface area contributed by atoms with Crippen LogP contribution in [0.3, 0.4) is 0 Å². The number of halogens is 1. The maximum Gasteiger partial charge on any atom is 0.184 e. The lowest BCUT2D eigenvalue weighted by molar-refractivity contribution is 0.230. The van der Waals surface area contributed by atoms with Gasteiger partial charge in [-0.25, -0.2) is 0 Å². The predicted octanol–water partition coefficient (Wildman–Crippen LogP) is 2.42. The summed E-state index contributed by atoms with van der Waals surface area (Å²) in [5, 5.41) is 4.78. The summed E-state index contributed by atoms with van der Waals surface area (Å²) in [5.74, 6) is 1.57. The van der Waals surface area contributed by atoms with E-state index in [2.05, 4.69) is 38.6 Å². The quantitative estimate of drug-likeness (QED) is 0.474. The number of thiocarbonyl (C=S) groups is 1. The number of hydrogen-bond acceptors (Lipinski definition) is 5. The van der Waals surface area contributed by atoms with Crippen molar-refractivity contribution in [3.8, 4) is 0 Å². The van der Waals surface area contributed by atoms with Crippen molar-refractivity contribution >= 4 is 40.8 Å². The average Bonchev–Trinajstić information content (AvgIpc) is 3.02. The Morgan fingerprint density at radius 3 is 2.80 bits per heavy atom. The number of furan rings is 1. The van der Waals surface area contributed by atoms with E-state index in [1.54, 1.807) is 6.21 Å². The topological polar surface area (TPSA) is 70.0 Å². The van der Waals surface area contributed by atoms with Crippen LogP contribution in [0.1, 0.15) is 11.5 Å². The molecule has 1 aromatic heterocycles. The van der Waals surface area contributed by atoms with Gasteiger partial charge in [0.05, 0.1) is 12.8 Å². The van der Waals surface area contributed by atoms with Crippen molar-refractivity contribution in [3.63, 3.8) is 0 Å². The van der Waals surface area contributed by atoms with Crippen LogP contribution in [-0.4, -0.2) is 42.4 Å². The Bertz CT molecular complexity index is 755. The molecule has 25 heavy (non-hydrogen) atoms. The number of hydrogen-bond donors (Lipinski definition) is 2. The molecule has 6 nitrogen and oxygen atoms in total. The molecule has 1 aliphatic rings. The molecule has 0 saturated carbocycles. The zero-order chi connectivity index (χ0) is 17.6. The largest absolute Gasteiger partial charge is 0.459 e. The van der Waals surface area contributed by atoms with Gasteiger partial charge in [0.25, 0.3) is 0 Å². The van der Waals surface area contributed by atoms with Crippen LogP contribution in [0.2, 0.25) is 5.02 Å². The molecule has 0 radical (unpaired) electrons. The second-order valence-electron chi connectivity index (χ2n) is 5.78. The van der Waals surface area contributed by atoms with Gasteiger partial charge >= 0.3 is 0 Å². The van der Waals surface area contributed by atoms with E-state index in [1.807, 2.05) is 30.3 Å². The summed E-state index contributed by atoms with van der Waals surface area (Å²) >= 11 is 10.8. The molecule has 132 valence electrons. The smallest absolute Gasteiger partial charge is 0.184 e. The van der Waals surface area contributed by atoms with Gasteiger partial charge in [-0.1, -0.05) is 17.7 Å². The number of nitrogens with zero attached hydrogens (tertiary/aromatic N) is 3. The molecule has 1 saturated heterocycles. The molecule has 0 atom stereocenters. The number of piperazine rings is 1. The number of benzene rings is 1. The van der Waals surface area contributed by atoms with Crippen LogP contribution in [0.4, 0.5) is 5.69 Å². The summed E-state index contributed by atoms with van der Waals surface area (Å²) in [6, 6.07) is 11.8. The molecule has 3 rings (SSSR count). The van der Waals surface area contributed by atoms with Gasteiger partial charge in [-0.2, -0.15) is 5.10 Å². The van der Waals surface area contributed by atoms with Gasteiger partial charge in [-0.05, 0) is 42.5 Å². The highest BCUT2D eigenvalue weighted by molar-refractivity contribution is 7.80. The van der Waals surface area contributed by atoms with Crippen molar-refractivity contribution in [2.75, 3.05) is 31.1 Å². The molecular weight excluding hydrogens is 358 g/mol. The fraction of sp³-hybridized carbons (Fsp3) is 0.294. The standard InChI is InChI=1S/C17H20ClN5OS/c18-13-2-1-3-14(10-13)23-8-6-22(7-9-23)12-16-5-4-15(24-16)11-20-21-17(19)25/h1-5,10-11H,6-9,12H2,(H3,19,21,25). The molecule has 0 unspecified atom stereocenters. The summed E-state index contributed by atoms with van der Waals surface area (Å²) in [7, 11) is 0. The number of rotatable bonds is 5. The Kier molecular flexibility index (Phi) is 5.91. The highest BCUT2D eigenvalue weighted by atomic mass is 35.5. The van der Waals surface area contributed by atoms with Crippen molar-refractivity contribution in [2.24, 2.45) is 10.8 Å². The minimum absolute atomic E-state index is 0.126. The van der Waals surface area contributed by atoms with E-state index in [0.29, 0.717) is 5.76 Å². The molecule has 0 bridgehead atoms. The Balaban J connectivity index is 1.50. The van der Waals surface area contributed by atoms with Crippen molar-refractivity contribution in [1.29, 1.82) is 0 Å². The first-order chi connectivity index (χ1) is 12.1. The zero-order valence-corrected chi connectivity index (χ0v) is 15.3. The summed E-state index contributed by atoms with van der Waals surface area (Å²) in [5.41, 5.74) is 8.98. The molecule has 0 aliphatic carbocycles. The van der Waals surface area contributed by atoms with Crippen LogP contribution >= 0.6 is 23.8 Å². The van der Waals surface area contributed by atoms with Gasteiger partial charge in [-0.15, -0.1) is 0 Å². The zero-order valence-electron chi connectivity index (χ0n) is 13.7. The molecule has 2 heterocycles. The lowest BCUT2D eigenvalue weighted by atomic mass is 10.2. The van der Waals surface area contributed by atoms with Gasteiger partial charge in [0.15, 0.2) is 5.11 Å². The molecule has 8 heteroatoms. The Hall–Kier alpha value is -2.09. The van der Waals surface area contributed by atoms with Crippen LogP contribution in [0.15, 0.2) is 45.9 Å². The lowest BCUT2D eigenvalue weighted by Crippen LogP contribution is -2.45. The maximum atomic E-state index is 6.08. The second-order valence-corrected chi connectivity index (χ2v) is 6.66. The van der Waals surface area contributed by atoms with Gasteiger partial charge in [0, 0.05) is 36.9 Å². The first kappa shape index (κ1) is 17.7. The predicted molar refractivity (Wildman–Crippen MR) is 105 cm³/mol. The fourth-order valence-corrected chi connectivity index (χ4v) is 3.00. The van der Waals surface area contributed by atoms with E-state index in [9.17, 15) is 0 Å². The van der Waals surface area contributed by atoms with Crippen LogP contribution in [0.25, 0.3) is 0 Å². The monoisotopic (exact) mass is 377 g/mol. The number of nitrogens with one attached hydrogen (secondary N) is 1. The van der Waals surface area contributed by atoms with Crippen molar-refractivity contribution in [2.45, 2.75) is 6.54 Å². The Morgan fingerprint density at radius 2 is 2.08 bits per heavy atom. The third-order valence-electron chi connectivity index (χ3n) is 3.97. The minimum Gasteiger partial charge on any atom is -0.459 e. The van der Waals surface area contributed by atoms with Gasteiger partial charge < -0.3 is 15.1 Å². The average molecular weight is 378 g/mol. The van der Waals surface area contributed by atoms with E-state index < -0.39 is 0 Å². The van der Waals surface area contributed by atoms with Gasteiger partial charge in [0.1, 0.15) is 11.5 Å². The number of anilines is 1. The highest BCUT2D eigenvalue weighted by Gasteiger charge is 2.18. The Morgan fingerprint density at radius 1 is 1.28 bits per heavy atom. The van der Waals surface area contributed by atoms with E-state index >= 15 is 0 Å². The van der Waals surface area contributed by atoms with Crippen LogP contribution in [0, 0.1) is 0 Å². The van der Waals surface area contributed by atoms with Crippen LogP contribution in [-0.2, 0) is 6.54 Å². The molecule has 2 aromatic rings. The Labute approximate surface area is 157 Å². The van der Waals surface area contributed by atoms with Crippen molar-refractivity contribution < 1.29 is 4.42 Å². The molecule has 1 aromatic carbocycles. The molecule has 0 spiro atoms. The molecular formula is C17H20ClN5OS. The minimum atomic E-state index is 0.126. The normalized spacial score (nSPS) is 15.6. The second kappa shape index (κ2) is 8.33. The molecule has 3 N–H and O–H groups in total. The third-order valence-corrected chi connectivity index (χ3v) is 4.30. The summed E-state index contributed by atoms with van der Waals surface area (Å²) in [6.45, 7) is 4.65. The summed E-state index contributed by atoms with van der Waals surface area (Å²) < 4.78 is 5.75. The van der Waals surface area contributed by atoms with E-state index in [0.717, 1.165) is 43.5 Å². The van der Waals surface area contributed by atoms with Crippen LogP contribution in [0.5, 0.6) is 0 Å². The van der Waals surface area contributed by atoms with Gasteiger partial charge in [0.2, 0.25) is 0 Å². The van der Waals surface area contributed by atoms with Crippen LogP contribution < -0.4 is 16.1 Å². The van der Waals surface area contributed by atoms with Crippen molar-refractivity contribution in [3.05, 3.63) is 52.9 Å². The number of nitrogens with two attached hydrogens (primary N) is 1. The van der Waals surface area contributed by atoms with E-state index in [1.165, 1.54) is 5.69 Å². The lowest BCUT2D eigenvalue weighted by Gasteiger charge is -2.35. The maximum absolute atomic E-state index is 6.08. The first-order valence-corrected chi connectivity index (χ1v) is 8.79. The van der Waals surface area contributed by atoms with Crippen molar-refractivity contribution in [1.82, 2.24) is 10.3 Å². The van der Waals surface area contributed by atoms with E-state index in [4.69, 9.17) is 21.8 Å². The first-order valence-electron chi connectivity index (χ1n) is 8.00. The summed E-state index contributed by atoms with van der Waals surface area (Å²) in [4.78, 5) is 4.72. The SMILES string of the molecule is NC(=S)NN=Cc1ccc(CN2CCN(c3cccc(Cl)c3)CC2)o1. The fourth-order valence-electron chi connectivity index (χ4n) is 2.77. The molecule has 1 fully saturated rings. The number of hydrazone groups is 1. The molecule has 1 aliphatic heterocycles. The third kappa shape index (κ3) is 5.19. The summed E-state index contributed by atoms with van der Waals surface area (Å²) in [6.07, 6.45) is 1.56. The van der Waals surface area contributed by atoms with Gasteiger partial charge in [-0.3, -0.25) is 10.3 Å². The highest BCUT2D eigenvalue weighted by Crippen LogP contribution is 2.21. The molecule has 0 amide bonds. The van der Waals surface area contributed by atoms with E-state index in [-0.39, 0.29) is 5.11 Å².